The van der Waals surface area contributed by atoms with E-state index < -0.39 is 0 Å². The van der Waals surface area contributed by atoms with Crippen molar-refractivity contribution >= 4 is 22.4 Å². The van der Waals surface area contributed by atoms with Crippen molar-refractivity contribution in [2.24, 2.45) is 5.73 Å². The van der Waals surface area contributed by atoms with Crippen LogP contribution in [-0.2, 0) is 6.54 Å². The number of para-hydroxylation sites is 2. The quantitative estimate of drug-likeness (QED) is 0.801. The topological polar surface area (TPSA) is 56.7 Å². The molecule has 0 unspecified atom stereocenters. The van der Waals surface area contributed by atoms with Gasteiger partial charge in [0.05, 0.1) is 21.6 Å². The van der Waals surface area contributed by atoms with E-state index in [9.17, 15) is 0 Å². The van der Waals surface area contributed by atoms with Crippen molar-refractivity contribution in [2.75, 3.05) is 0 Å². The van der Waals surface area contributed by atoms with Crippen LogP contribution in [0.15, 0.2) is 24.3 Å². The molecule has 2 N–H and O–H groups in total. The molecule has 3 aromatic rings. The second-order valence-corrected chi connectivity index (χ2v) is 6.20. The van der Waals surface area contributed by atoms with Crippen molar-refractivity contribution in [2.45, 2.75) is 33.4 Å². The number of hydrogen-bond donors (Lipinski definition) is 1. The molecule has 0 aliphatic carbocycles. The Balaban J connectivity index is 2.29. The Morgan fingerprint density at radius 1 is 1.25 bits per heavy atom. The first kappa shape index (κ1) is 13.3. The summed E-state index contributed by atoms with van der Waals surface area (Å²) >= 11 is 1.64. The highest BCUT2D eigenvalue weighted by Crippen LogP contribution is 2.33. The molecule has 3 rings (SSSR count). The van der Waals surface area contributed by atoms with Gasteiger partial charge in [-0.3, -0.25) is 0 Å². The fourth-order valence-corrected chi connectivity index (χ4v) is 3.40. The van der Waals surface area contributed by atoms with Crippen LogP contribution in [0.2, 0.25) is 0 Å². The van der Waals surface area contributed by atoms with E-state index >= 15 is 0 Å². The zero-order chi connectivity index (χ0) is 14.3. The largest absolute Gasteiger partial charge is 0.325 e. The van der Waals surface area contributed by atoms with Crippen LogP contribution in [0.1, 0.15) is 30.6 Å². The molecule has 0 amide bonds. The molecule has 0 saturated heterocycles. The molecule has 0 saturated carbocycles. The van der Waals surface area contributed by atoms with Crippen LogP contribution in [0.25, 0.3) is 21.7 Å². The van der Waals surface area contributed by atoms with Crippen molar-refractivity contribution in [3.05, 3.63) is 35.0 Å². The zero-order valence-electron chi connectivity index (χ0n) is 11.9. The van der Waals surface area contributed by atoms with Gasteiger partial charge in [-0.1, -0.05) is 12.1 Å². The summed E-state index contributed by atoms with van der Waals surface area (Å²) in [6.45, 7) is 6.86. The fraction of sp³-hybridized carbons (Fsp3) is 0.333. The number of imidazole rings is 1. The van der Waals surface area contributed by atoms with Gasteiger partial charge in [-0.05, 0) is 32.9 Å². The van der Waals surface area contributed by atoms with E-state index in [1.165, 1.54) is 5.52 Å². The van der Waals surface area contributed by atoms with Crippen LogP contribution in [0, 0.1) is 6.92 Å². The molecular weight excluding hydrogens is 268 g/mol. The van der Waals surface area contributed by atoms with Gasteiger partial charge in [-0.15, -0.1) is 11.3 Å². The van der Waals surface area contributed by atoms with Crippen LogP contribution in [-0.4, -0.2) is 14.5 Å². The van der Waals surface area contributed by atoms with Gasteiger partial charge in [0.1, 0.15) is 5.01 Å². The molecule has 0 atom stereocenters. The second kappa shape index (κ2) is 5.00. The number of thiazole rings is 1. The molecule has 5 heteroatoms. The summed E-state index contributed by atoms with van der Waals surface area (Å²) in [5.41, 5.74) is 8.90. The highest BCUT2D eigenvalue weighted by atomic mass is 32.1. The van der Waals surface area contributed by atoms with Gasteiger partial charge in [-0.25, -0.2) is 9.97 Å². The molecule has 0 aliphatic heterocycles. The number of nitrogens with zero attached hydrogens (tertiary/aromatic N) is 3. The number of rotatable bonds is 3. The lowest BCUT2D eigenvalue weighted by Crippen LogP contribution is -2.02. The summed E-state index contributed by atoms with van der Waals surface area (Å²) in [5.74, 6) is 0.996. The highest BCUT2D eigenvalue weighted by molar-refractivity contribution is 7.15. The van der Waals surface area contributed by atoms with E-state index in [4.69, 9.17) is 10.7 Å². The average molecular weight is 286 g/mol. The van der Waals surface area contributed by atoms with Crippen molar-refractivity contribution < 1.29 is 0 Å². The molecule has 0 bridgehead atoms. The van der Waals surface area contributed by atoms with Crippen LogP contribution in [0.5, 0.6) is 0 Å². The molecule has 0 fully saturated rings. The van der Waals surface area contributed by atoms with E-state index in [1.807, 2.05) is 13.0 Å². The van der Waals surface area contributed by atoms with E-state index in [2.05, 4.69) is 41.6 Å². The Kier molecular flexibility index (Phi) is 3.31. The minimum absolute atomic E-state index is 0.347. The highest BCUT2D eigenvalue weighted by Gasteiger charge is 2.19. The standard InChI is InChI=1S/C15H18N4S/c1-9(2)19-12-7-5-4-6-11(12)18-15(19)14-10(3)17-13(8-16)20-14/h4-7,9H,8,16H2,1-3H3. The fourth-order valence-electron chi connectivity index (χ4n) is 2.47. The van der Waals surface area contributed by atoms with E-state index in [1.54, 1.807) is 11.3 Å². The zero-order valence-corrected chi connectivity index (χ0v) is 12.7. The lowest BCUT2D eigenvalue weighted by Gasteiger charge is -2.12. The summed E-state index contributed by atoms with van der Waals surface area (Å²) < 4.78 is 2.27. The molecule has 20 heavy (non-hydrogen) atoms. The Labute approximate surface area is 122 Å². The number of hydrogen-bond acceptors (Lipinski definition) is 4. The maximum Gasteiger partial charge on any atom is 0.153 e. The SMILES string of the molecule is Cc1nc(CN)sc1-c1nc2ccccc2n1C(C)C. The summed E-state index contributed by atoms with van der Waals surface area (Å²) in [7, 11) is 0. The Morgan fingerprint density at radius 3 is 2.65 bits per heavy atom. The molecule has 4 nitrogen and oxygen atoms in total. The third-order valence-corrected chi connectivity index (χ3v) is 4.51. The van der Waals surface area contributed by atoms with Gasteiger partial charge < -0.3 is 10.3 Å². The molecule has 0 spiro atoms. The van der Waals surface area contributed by atoms with Gasteiger partial charge in [0.25, 0.3) is 0 Å². The molecule has 1 aromatic carbocycles. The number of aryl methyl sites for hydroxylation is 1. The third-order valence-electron chi connectivity index (χ3n) is 3.33. The van der Waals surface area contributed by atoms with E-state index in [0.29, 0.717) is 12.6 Å². The Morgan fingerprint density at radius 2 is 2.00 bits per heavy atom. The summed E-state index contributed by atoms with van der Waals surface area (Å²) in [5, 5.41) is 0.958. The minimum atomic E-state index is 0.347. The monoisotopic (exact) mass is 286 g/mol. The predicted octanol–water partition coefficient (Wildman–Crippen LogP) is 3.51. The Hall–Kier alpha value is -1.72. The van der Waals surface area contributed by atoms with Crippen molar-refractivity contribution in [1.29, 1.82) is 0 Å². The van der Waals surface area contributed by atoms with Crippen LogP contribution >= 0.6 is 11.3 Å². The molecular formula is C15H18N4S. The first-order chi connectivity index (χ1) is 9.61. The smallest absolute Gasteiger partial charge is 0.153 e. The van der Waals surface area contributed by atoms with Crippen molar-refractivity contribution in [1.82, 2.24) is 14.5 Å². The number of fused-ring (bicyclic) bond motifs is 1. The molecule has 2 aromatic heterocycles. The second-order valence-electron chi connectivity index (χ2n) is 5.11. The van der Waals surface area contributed by atoms with Crippen molar-refractivity contribution in [3.63, 3.8) is 0 Å². The summed E-state index contributed by atoms with van der Waals surface area (Å²) in [4.78, 5) is 10.4. The van der Waals surface area contributed by atoms with E-state index in [-0.39, 0.29) is 0 Å². The van der Waals surface area contributed by atoms with Gasteiger partial charge in [0, 0.05) is 12.6 Å². The minimum Gasteiger partial charge on any atom is -0.325 e. The number of nitrogens with two attached hydrogens (primary N) is 1. The lowest BCUT2D eigenvalue weighted by molar-refractivity contribution is 0.625. The number of benzene rings is 1. The van der Waals surface area contributed by atoms with Gasteiger partial charge >= 0.3 is 0 Å². The first-order valence-corrected chi connectivity index (χ1v) is 7.57. The molecule has 104 valence electrons. The molecule has 0 radical (unpaired) electrons. The lowest BCUT2D eigenvalue weighted by atomic mass is 10.3. The maximum absolute atomic E-state index is 5.70. The maximum atomic E-state index is 5.70. The predicted molar refractivity (Wildman–Crippen MR) is 83.9 cm³/mol. The molecule has 2 heterocycles. The van der Waals surface area contributed by atoms with Crippen LogP contribution in [0.4, 0.5) is 0 Å². The Bertz CT molecular complexity index is 754. The third kappa shape index (κ3) is 2.03. The van der Waals surface area contributed by atoms with Gasteiger partial charge in [-0.2, -0.15) is 0 Å². The van der Waals surface area contributed by atoms with Gasteiger partial charge in [0.2, 0.25) is 0 Å². The summed E-state index contributed by atoms with van der Waals surface area (Å²) in [6, 6.07) is 8.59. The van der Waals surface area contributed by atoms with Crippen LogP contribution in [0.3, 0.4) is 0 Å². The summed E-state index contributed by atoms with van der Waals surface area (Å²) in [6.07, 6.45) is 0. The average Bonchev–Trinajstić information content (AvgIpc) is 2.98. The molecule has 0 aliphatic rings. The normalized spacial score (nSPS) is 11.7. The van der Waals surface area contributed by atoms with Crippen molar-refractivity contribution in [3.8, 4) is 10.7 Å². The van der Waals surface area contributed by atoms with E-state index in [0.717, 1.165) is 26.9 Å². The number of aromatic nitrogens is 3. The van der Waals surface area contributed by atoms with Crippen LogP contribution < -0.4 is 5.73 Å². The van der Waals surface area contributed by atoms with Gasteiger partial charge in [0.15, 0.2) is 5.82 Å². The first-order valence-electron chi connectivity index (χ1n) is 6.75.